The van der Waals surface area contributed by atoms with Gasteiger partial charge < -0.3 is 10.1 Å². The van der Waals surface area contributed by atoms with Gasteiger partial charge in [0.15, 0.2) is 0 Å². The Balaban J connectivity index is 2.54. The molecule has 0 radical (unpaired) electrons. The summed E-state index contributed by atoms with van der Waals surface area (Å²) in [5.41, 5.74) is 1.33. The third-order valence-corrected chi connectivity index (χ3v) is 2.26. The van der Waals surface area contributed by atoms with E-state index in [1.54, 1.807) is 18.2 Å². The Morgan fingerprint density at radius 3 is 2.92 bits per heavy atom. The highest BCUT2D eigenvalue weighted by Gasteiger charge is 2.29. The van der Waals surface area contributed by atoms with E-state index in [1.165, 1.54) is 0 Å². The lowest BCUT2D eigenvalue weighted by Crippen LogP contribution is -2.12. The van der Waals surface area contributed by atoms with Gasteiger partial charge in [-0.1, -0.05) is 17.7 Å². The van der Waals surface area contributed by atoms with Gasteiger partial charge in [0.25, 0.3) is 0 Å². The van der Waals surface area contributed by atoms with Crippen molar-refractivity contribution < 1.29 is 9.59 Å². The van der Waals surface area contributed by atoms with Gasteiger partial charge in [0.05, 0.1) is 0 Å². The van der Waals surface area contributed by atoms with Crippen molar-refractivity contribution in [1.29, 1.82) is 0 Å². The molecule has 0 bridgehead atoms. The molecule has 3 nitrogen and oxygen atoms in total. The summed E-state index contributed by atoms with van der Waals surface area (Å²) < 4.78 is 0. The van der Waals surface area contributed by atoms with Crippen LogP contribution in [0, 0.1) is 0 Å². The molecule has 0 unspecified atom stereocenters. The molecule has 0 saturated heterocycles. The third kappa shape index (κ3) is 1.21. The Kier molecular flexibility index (Phi) is 1.81. The van der Waals surface area contributed by atoms with Crippen LogP contribution in [-0.4, -0.2) is 12.2 Å². The summed E-state index contributed by atoms with van der Waals surface area (Å²) in [4.78, 5) is 21.8. The van der Waals surface area contributed by atoms with Crippen molar-refractivity contribution in [2.75, 3.05) is 5.32 Å². The van der Waals surface area contributed by atoms with Crippen LogP contribution >= 0.6 is 11.6 Å². The van der Waals surface area contributed by atoms with Crippen molar-refractivity contribution in [2.24, 2.45) is 0 Å². The maximum absolute atomic E-state index is 11.2. The summed E-state index contributed by atoms with van der Waals surface area (Å²) in [6.07, 6.45) is 0.634. The summed E-state index contributed by atoms with van der Waals surface area (Å²) >= 11 is 5.72. The molecular weight excluding hydrogens is 190 g/mol. The number of carbonyl (C=O) groups is 2. The van der Waals surface area contributed by atoms with E-state index in [-0.39, 0.29) is 5.91 Å². The van der Waals surface area contributed by atoms with E-state index in [0.29, 0.717) is 22.6 Å². The van der Waals surface area contributed by atoms with Gasteiger partial charge in [-0.3, -0.25) is 4.79 Å². The molecule has 13 heavy (non-hydrogen) atoms. The molecule has 0 fully saturated rings. The minimum atomic E-state index is -0.674. The predicted molar refractivity (Wildman–Crippen MR) is 48.9 cm³/mol. The average molecular weight is 196 g/mol. The van der Waals surface area contributed by atoms with Crippen LogP contribution in [0.25, 0.3) is 0 Å². The molecule has 66 valence electrons. The van der Waals surface area contributed by atoms with Crippen LogP contribution in [0.1, 0.15) is 11.5 Å². The number of aldehydes is 1. The second-order valence-electron chi connectivity index (χ2n) is 2.83. The van der Waals surface area contributed by atoms with Crippen molar-refractivity contribution >= 4 is 29.5 Å². The molecule has 0 saturated carbocycles. The molecule has 1 aliphatic rings. The number of rotatable bonds is 1. The molecule has 4 heteroatoms. The van der Waals surface area contributed by atoms with Gasteiger partial charge in [-0.05, 0) is 17.7 Å². The normalized spacial score (nSPS) is 19.5. The van der Waals surface area contributed by atoms with Gasteiger partial charge in [-0.25, -0.2) is 0 Å². The highest BCUT2D eigenvalue weighted by molar-refractivity contribution is 6.31. The first-order valence-electron chi connectivity index (χ1n) is 3.78. The van der Waals surface area contributed by atoms with E-state index in [4.69, 9.17) is 11.6 Å². The Morgan fingerprint density at radius 1 is 1.46 bits per heavy atom. The summed E-state index contributed by atoms with van der Waals surface area (Å²) in [6.45, 7) is 0. The Morgan fingerprint density at radius 2 is 2.23 bits per heavy atom. The number of hydrogen-bond donors (Lipinski definition) is 1. The third-order valence-electron chi connectivity index (χ3n) is 2.03. The number of carbonyl (C=O) groups excluding carboxylic acids is 2. The van der Waals surface area contributed by atoms with Crippen LogP contribution in [0.5, 0.6) is 0 Å². The van der Waals surface area contributed by atoms with Gasteiger partial charge in [-0.2, -0.15) is 0 Å². The molecule has 2 rings (SSSR count). The zero-order valence-corrected chi connectivity index (χ0v) is 7.34. The lowest BCUT2D eigenvalue weighted by molar-refractivity contribution is -0.121. The van der Waals surface area contributed by atoms with Crippen molar-refractivity contribution in [2.45, 2.75) is 5.92 Å². The molecule has 1 aliphatic heterocycles. The van der Waals surface area contributed by atoms with Gasteiger partial charge in [-0.15, -0.1) is 0 Å². The van der Waals surface area contributed by atoms with Gasteiger partial charge in [0, 0.05) is 10.7 Å². The van der Waals surface area contributed by atoms with Crippen LogP contribution in [-0.2, 0) is 9.59 Å². The monoisotopic (exact) mass is 195 g/mol. The smallest absolute Gasteiger partial charge is 0.239 e. The molecule has 1 atom stereocenters. The Bertz CT molecular complexity index is 389. The van der Waals surface area contributed by atoms with Crippen LogP contribution in [0.2, 0.25) is 5.02 Å². The number of anilines is 1. The van der Waals surface area contributed by atoms with Crippen molar-refractivity contribution in [3.8, 4) is 0 Å². The molecule has 1 N–H and O–H groups in total. The number of nitrogens with one attached hydrogen (secondary N) is 1. The number of fused-ring (bicyclic) bond motifs is 1. The number of halogens is 1. The fourth-order valence-electron chi connectivity index (χ4n) is 1.39. The highest BCUT2D eigenvalue weighted by Crippen LogP contribution is 2.32. The second kappa shape index (κ2) is 2.85. The summed E-state index contributed by atoms with van der Waals surface area (Å²) in [7, 11) is 0. The lowest BCUT2D eigenvalue weighted by Gasteiger charge is -1.98. The van der Waals surface area contributed by atoms with E-state index >= 15 is 0 Å². The standard InChI is InChI=1S/C9H6ClNO2/c10-5-1-2-6-7(4-12)9(13)11-8(6)3-5/h1-4,7H,(H,11,13)/t7-/m0/s1. The molecule has 0 aliphatic carbocycles. The Hall–Kier alpha value is -1.35. The highest BCUT2D eigenvalue weighted by atomic mass is 35.5. The molecule has 0 aromatic heterocycles. The number of hydrogen-bond acceptors (Lipinski definition) is 2. The van der Waals surface area contributed by atoms with Gasteiger partial charge in [0.2, 0.25) is 5.91 Å². The quantitative estimate of drug-likeness (QED) is 0.546. The fraction of sp³-hybridized carbons (Fsp3) is 0.111. The summed E-state index contributed by atoms with van der Waals surface area (Å²) in [6, 6.07) is 4.99. The molecule has 1 heterocycles. The average Bonchev–Trinajstić information content (AvgIpc) is 2.39. The maximum atomic E-state index is 11.2. The number of amides is 1. The first kappa shape index (κ1) is 8.26. The second-order valence-corrected chi connectivity index (χ2v) is 3.27. The van der Waals surface area contributed by atoms with E-state index < -0.39 is 5.92 Å². The van der Waals surface area contributed by atoms with E-state index in [2.05, 4.69) is 5.32 Å². The Labute approximate surface area is 79.7 Å². The SMILES string of the molecule is O=C[C@@H]1C(=O)Nc2cc(Cl)ccc21. The lowest BCUT2D eigenvalue weighted by atomic mass is 10.0. The van der Waals surface area contributed by atoms with Gasteiger partial charge in [0.1, 0.15) is 12.2 Å². The van der Waals surface area contributed by atoms with E-state index in [1.807, 2.05) is 0 Å². The maximum Gasteiger partial charge on any atom is 0.239 e. The topological polar surface area (TPSA) is 46.2 Å². The first-order chi connectivity index (χ1) is 6.22. The van der Waals surface area contributed by atoms with Crippen molar-refractivity contribution in [3.63, 3.8) is 0 Å². The minimum absolute atomic E-state index is 0.285. The first-order valence-corrected chi connectivity index (χ1v) is 4.16. The van der Waals surface area contributed by atoms with Crippen LogP contribution in [0.15, 0.2) is 18.2 Å². The largest absolute Gasteiger partial charge is 0.325 e. The summed E-state index contributed by atoms with van der Waals surface area (Å²) in [5, 5.41) is 3.13. The van der Waals surface area contributed by atoms with Crippen molar-refractivity contribution in [1.82, 2.24) is 0 Å². The van der Waals surface area contributed by atoms with Crippen LogP contribution < -0.4 is 5.32 Å². The van der Waals surface area contributed by atoms with E-state index in [0.717, 1.165) is 0 Å². The molecular formula is C9H6ClNO2. The predicted octanol–water partition coefficient (Wildman–Crippen LogP) is 1.57. The van der Waals surface area contributed by atoms with Crippen LogP contribution in [0.3, 0.4) is 0 Å². The van der Waals surface area contributed by atoms with E-state index in [9.17, 15) is 9.59 Å². The minimum Gasteiger partial charge on any atom is -0.325 e. The van der Waals surface area contributed by atoms with Crippen LogP contribution in [0.4, 0.5) is 5.69 Å². The zero-order chi connectivity index (χ0) is 9.42. The summed E-state index contributed by atoms with van der Waals surface area (Å²) in [5.74, 6) is -0.959. The molecule has 1 aromatic carbocycles. The number of benzene rings is 1. The molecule has 0 spiro atoms. The van der Waals surface area contributed by atoms with Crippen molar-refractivity contribution in [3.05, 3.63) is 28.8 Å². The molecule has 1 aromatic rings. The molecule has 1 amide bonds. The zero-order valence-electron chi connectivity index (χ0n) is 6.58. The fourth-order valence-corrected chi connectivity index (χ4v) is 1.57. The van der Waals surface area contributed by atoms with Gasteiger partial charge >= 0.3 is 0 Å².